The smallest absolute Gasteiger partial charge is 0.243 e. The van der Waals surface area contributed by atoms with Crippen LogP contribution in [0, 0.1) is 19.3 Å². The van der Waals surface area contributed by atoms with Crippen molar-refractivity contribution in [3.8, 4) is 0 Å². The summed E-state index contributed by atoms with van der Waals surface area (Å²) >= 11 is 0. The van der Waals surface area contributed by atoms with Gasteiger partial charge in [0, 0.05) is 56.7 Å². The minimum absolute atomic E-state index is 0.0335. The average molecular weight is 582 g/mol. The summed E-state index contributed by atoms with van der Waals surface area (Å²) in [6.45, 7) is 10.6. The molecule has 2 fully saturated rings. The van der Waals surface area contributed by atoms with E-state index in [1.54, 1.807) is 6.33 Å². The highest BCUT2D eigenvalue weighted by Crippen LogP contribution is 2.41. The zero-order valence-corrected chi connectivity index (χ0v) is 25.3. The first kappa shape index (κ1) is 29.8. The van der Waals surface area contributed by atoms with Crippen LogP contribution >= 0.6 is 0 Å². The molecule has 0 aliphatic carbocycles. The van der Waals surface area contributed by atoms with Crippen LogP contribution in [0.15, 0.2) is 53.7 Å². The van der Waals surface area contributed by atoms with Crippen molar-refractivity contribution in [1.82, 2.24) is 19.2 Å². The van der Waals surface area contributed by atoms with Crippen molar-refractivity contribution in [2.24, 2.45) is 5.41 Å². The number of benzene rings is 2. The Labute approximate surface area is 244 Å². The van der Waals surface area contributed by atoms with E-state index >= 15 is 0 Å². The molecule has 2 aliphatic heterocycles. The van der Waals surface area contributed by atoms with Crippen LogP contribution in [0.1, 0.15) is 37.3 Å². The van der Waals surface area contributed by atoms with E-state index < -0.39 is 16.1 Å². The predicted octanol–water partition coefficient (Wildman–Crippen LogP) is 3.63. The van der Waals surface area contributed by atoms with Gasteiger partial charge in [-0.05, 0) is 69.8 Å². The molecular weight excluding hydrogens is 538 g/mol. The van der Waals surface area contributed by atoms with Gasteiger partial charge in [-0.15, -0.1) is 0 Å². The third-order valence-electron chi connectivity index (χ3n) is 8.58. The Morgan fingerprint density at radius 3 is 2.61 bits per heavy atom. The Kier molecular flexibility index (Phi) is 9.25. The standard InChI is InChI=1S/C31H43N5O4S/c1-4-40-18-17-36(41(38,39)29-24(2)9-7-10-25(29)3)20-26(37)19-34-15-8-13-31(21-34)14-16-35(22-31)30-27-11-5-6-12-28(27)32-23-33-30/h5-7,9-12,23,26,37H,4,8,13-22H2,1-3H3/t26-,31+/m0/s1. The molecule has 1 N–H and O–H groups in total. The second-order valence-corrected chi connectivity index (χ2v) is 13.5. The van der Waals surface area contributed by atoms with Crippen molar-refractivity contribution in [3.63, 3.8) is 0 Å². The molecule has 0 radical (unpaired) electrons. The summed E-state index contributed by atoms with van der Waals surface area (Å²) in [6, 6.07) is 13.6. The van der Waals surface area contributed by atoms with Gasteiger partial charge in [0.05, 0.1) is 23.1 Å². The van der Waals surface area contributed by atoms with E-state index in [2.05, 4.69) is 25.8 Å². The number of anilines is 1. The molecule has 0 unspecified atom stereocenters. The van der Waals surface area contributed by atoms with E-state index in [-0.39, 0.29) is 25.1 Å². The molecule has 9 nitrogen and oxygen atoms in total. The number of nitrogens with zero attached hydrogens (tertiary/aromatic N) is 5. The lowest BCUT2D eigenvalue weighted by Gasteiger charge is -2.41. The number of aliphatic hydroxyl groups excluding tert-OH is 1. The number of rotatable bonds is 11. The minimum atomic E-state index is -3.80. The van der Waals surface area contributed by atoms with Crippen molar-refractivity contribution >= 4 is 26.7 Å². The van der Waals surface area contributed by atoms with Crippen molar-refractivity contribution in [1.29, 1.82) is 0 Å². The molecule has 1 spiro atoms. The van der Waals surface area contributed by atoms with E-state index in [4.69, 9.17) is 4.74 Å². The molecule has 2 atom stereocenters. The number of aliphatic hydroxyl groups is 1. The number of ether oxygens (including phenoxy) is 1. The molecular formula is C31H43N5O4S. The van der Waals surface area contributed by atoms with Gasteiger partial charge in [0.2, 0.25) is 10.0 Å². The fraction of sp³-hybridized carbons (Fsp3) is 0.548. The van der Waals surface area contributed by atoms with Crippen LogP contribution in [0.4, 0.5) is 5.82 Å². The number of fused-ring (bicyclic) bond motifs is 1. The predicted molar refractivity (Wildman–Crippen MR) is 162 cm³/mol. The van der Waals surface area contributed by atoms with Gasteiger partial charge in [-0.1, -0.05) is 30.3 Å². The molecule has 10 heteroatoms. The second-order valence-electron chi connectivity index (χ2n) is 11.7. The molecule has 5 rings (SSSR count). The lowest BCUT2D eigenvalue weighted by molar-refractivity contribution is 0.0431. The Balaban J connectivity index is 1.26. The lowest BCUT2D eigenvalue weighted by atomic mass is 9.79. The molecule has 3 heterocycles. The van der Waals surface area contributed by atoms with Crippen LogP contribution < -0.4 is 4.90 Å². The van der Waals surface area contributed by atoms with Gasteiger partial charge >= 0.3 is 0 Å². The molecule has 2 aliphatic rings. The third-order valence-corrected chi connectivity index (χ3v) is 10.8. The van der Waals surface area contributed by atoms with Gasteiger partial charge in [0.25, 0.3) is 0 Å². The maximum atomic E-state index is 13.8. The fourth-order valence-electron chi connectivity index (χ4n) is 6.70. The number of piperidine rings is 1. The van der Waals surface area contributed by atoms with Crippen molar-refractivity contribution < 1.29 is 18.3 Å². The monoisotopic (exact) mass is 581 g/mol. The first-order valence-corrected chi connectivity index (χ1v) is 16.2. The first-order chi connectivity index (χ1) is 19.7. The van der Waals surface area contributed by atoms with Crippen LogP contribution in [0.3, 0.4) is 0 Å². The summed E-state index contributed by atoms with van der Waals surface area (Å²) in [6.07, 6.45) is 4.10. The highest BCUT2D eigenvalue weighted by Gasteiger charge is 2.42. The van der Waals surface area contributed by atoms with Crippen LogP contribution in [0.25, 0.3) is 10.9 Å². The van der Waals surface area contributed by atoms with Gasteiger partial charge < -0.3 is 19.6 Å². The van der Waals surface area contributed by atoms with E-state index in [1.807, 2.05) is 57.2 Å². The summed E-state index contributed by atoms with van der Waals surface area (Å²) in [7, 11) is -3.80. The molecule has 2 saturated heterocycles. The maximum absolute atomic E-state index is 13.8. The van der Waals surface area contributed by atoms with E-state index in [1.165, 1.54) is 4.31 Å². The molecule has 0 saturated carbocycles. The lowest BCUT2D eigenvalue weighted by Crippen LogP contribution is -2.49. The number of aryl methyl sites for hydroxylation is 2. The number of β-amino-alcohol motifs (C(OH)–C–C–N with tert-alkyl or cyclic N) is 1. The molecule has 1 aromatic heterocycles. The molecule has 41 heavy (non-hydrogen) atoms. The number of hydrogen-bond donors (Lipinski definition) is 1. The zero-order chi connectivity index (χ0) is 29.0. The molecule has 2 aromatic carbocycles. The molecule has 0 amide bonds. The highest BCUT2D eigenvalue weighted by molar-refractivity contribution is 7.89. The van der Waals surface area contributed by atoms with Gasteiger partial charge in [0.1, 0.15) is 12.1 Å². The SMILES string of the molecule is CCOCCN(C[C@@H](O)CN1CCC[C@@]2(CCN(c3ncnc4ccccc34)C2)C1)S(=O)(=O)c1c(C)cccc1C. The quantitative estimate of drug-likeness (QED) is 0.343. The van der Waals surface area contributed by atoms with Crippen molar-refractivity contribution in [3.05, 3.63) is 59.9 Å². The Hall–Kier alpha value is -2.63. The van der Waals surface area contributed by atoms with Gasteiger partial charge in [-0.25, -0.2) is 18.4 Å². The van der Waals surface area contributed by atoms with Gasteiger partial charge in [-0.3, -0.25) is 0 Å². The second kappa shape index (κ2) is 12.7. The maximum Gasteiger partial charge on any atom is 0.243 e. The van der Waals surface area contributed by atoms with Gasteiger partial charge in [0.15, 0.2) is 0 Å². The number of sulfonamides is 1. The summed E-state index contributed by atoms with van der Waals surface area (Å²) in [5.74, 6) is 0.992. The van der Waals surface area contributed by atoms with E-state index in [0.717, 1.165) is 62.2 Å². The number of para-hydroxylation sites is 1. The van der Waals surface area contributed by atoms with Crippen LogP contribution in [0.2, 0.25) is 0 Å². The minimum Gasteiger partial charge on any atom is -0.390 e. The number of likely N-dealkylation sites (tertiary alicyclic amines) is 1. The van der Waals surface area contributed by atoms with Crippen LogP contribution in [0.5, 0.6) is 0 Å². The van der Waals surface area contributed by atoms with Crippen LogP contribution in [-0.4, -0.2) is 97.8 Å². The number of aromatic nitrogens is 2. The van der Waals surface area contributed by atoms with Crippen molar-refractivity contribution in [2.75, 3.05) is 63.9 Å². The largest absolute Gasteiger partial charge is 0.390 e. The van der Waals surface area contributed by atoms with Crippen LogP contribution in [-0.2, 0) is 14.8 Å². The molecule has 0 bridgehead atoms. The Morgan fingerprint density at radius 1 is 1.05 bits per heavy atom. The topological polar surface area (TPSA) is 99.1 Å². The average Bonchev–Trinajstić information content (AvgIpc) is 3.34. The molecule has 222 valence electrons. The van der Waals surface area contributed by atoms with Crippen molar-refractivity contribution in [2.45, 2.75) is 51.0 Å². The summed E-state index contributed by atoms with van der Waals surface area (Å²) < 4.78 is 34.5. The van der Waals surface area contributed by atoms with E-state index in [0.29, 0.717) is 29.2 Å². The third kappa shape index (κ3) is 6.57. The fourth-order valence-corrected chi connectivity index (χ4v) is 8.60. The Bertz CT molecular complexity index is 1430. The molecule has 3 aromatic rings. The summed E-state index contributed by atoms with van der Waals surface area (Å²) in [5.41, 5.74) is 2.50. The summed E-state index contributed by atoms with van der Waals surface area (Å²) in [5, 5.41) is 12.3. The first-order valence-electron chi connectivity index (χ1n) is 14.7. The van der Waals surface area contributed by atoms with Gasteiger partial charge in [-0.2, -0.15) is 4.31 Å². The normalized spacial score (nSPS) is 20.9. The number of hydrogen-bond acceptors (Lipinski definition) is 8. The van der Waals surface area contributed by atoms with E-state index in [9.17, 15) is 13.5 Å². The Morgan fingerprint density at radius 2 is 1.83 bits per heavy atom. The summed E-state index contributed by atoms with van der Waals surface area (Å²) in [4.78, 5) is 14.1. The zero-order valence-electron chi connectivity index (χ0n) is 24.5. The highest BCUT2D eigenvalue weighted by atomic mass is 32.2.